The molecule has 0 unspecified atom stereocenters. The standard InChI is InChI=1S/C58H36N6O/c1-4-16-37(17-5-1)55-60-56(40-18-14-19-41(34-40)58-59-48-26-11-13-28-51(48)64(58)43-22-8-3-9-23-43)62-57(61-55)45-25-15-29-53-54(45)47-36-39(31-33-52(47)65-53)38-30-32-50-46(35-38)44-24-10-12-27-49(44)63(50)42-20-6-2-7-21-42/h1-36H. The van der Waals surface area contributed by atoms with Gasteiger partial charge in [-0.15, -0.1) is 0 Å². The summed E-state index contributed by atoms with van der Waals surface area (Å²) in [4.78, 5) is 20.7. The average molecular weight is 833 g/mol. The highest BCUT2D eigenvalue weighted by Crippen LogP contribution is 2.41. The number of rotatable bonds is 7. The Hall–Kier alpha value is -8.94. The number of hydrogen-bond donors (Lipinski definition) is 0. The van der Waals surface area contributed by atoms with Gasteiger partial charge in [0.2, 0.25) is 0 Å². The molecule has 0 aliphatic carbocycles. The van der Waals surface area contributed by atoms with Crippen molar-refractivity contribution in [2.45, 2.75) is 0 Å². The molecular formula is C58H36N6O. The predicted octanol–water partition coefficient (Wildman–Crippen LogP) is 14.5. The molecule has 0 N–H and O–H groups in total. The lowest BCUT2D eigenvalue weighted by molar-refractivity contribution is 0.669. The molecular weight excluding hydrogens is 797 g/mol. The first-order valence-electron chi connectivity index (χ1n) is 21.7. The van der Waals surface area contributed by atoms with E-state index in [0.29, 0.717) is 17.5 Å². The Bertz CT molecular complexity index is 3940. The van der Waals surface area contributed by atoms with Gasteiger partial charge in [-0.1, -0.05) is 140 Å². The fourth-order valence-electron chi connectivity index (χ4n) is 9.40. The minimum atomic E-state index is 0.560. The van der Waals surface area contributed by atoms with E-state index < -0.39 is 0 Å². The van der Waals surface area contributed by atoms with Crippen LogP contribution in [-0.4, -0.2) is 29.1 Å². The molecule has 0 spiro atoms. The van der Waals surface area contributed by atoms with Crippen LogP contribution in [0.2, 0.25) is 0 Å². The molecule has 0 bridgehead atoms. The molecule has 7 heteroatoms. The Morgan fingerprint density at radius 1 is 0.323 bits per heavy atom. The average Bonchev–Trinajstić information content (AvgIpc) is 4.07. The second-order valence-electron chi connectivity index (χ2n) is 16.3. The van der Waals surface area contributed by atoms with Crippen LogP contribution in [0.15, 0.2) is 223 Å². The summed E-state index contributed by atoms with van der Waals surface area (Å²) in [6.45, 7) is 0. The van der Waals surface area contributed by atoms with Gasteiger partial charge in [-0.3, -0.25) is 4.57 Å². The van der Waals surface area contributed by atoms with Gasteiger partial charge in [0.15, 0.2) is 17.5 Å². The van der Waals surface area contributed by atoms with E-state index in [9.17, 15) is 0 Å². The van der Waals surface area contributed by atoms with Crippen molar-refractivity contribution in [3.8, 4) is 68.1 Å². The van der Waals surface area contributed by atoms with Gasteiger partial charge in [-0.05, 0) is 90.0 Å². The van der Waals surface area contributed by atoms with Crippen LogP contribution in [0.5, 0.6) is 0 Å². The van der Waals surface area contributed by atoms with Crippen molar-refractivity contribution < 1.29 is 4.42 Å². The number of hydrogen-bond acceptors (Lipinski definition) is 5. The third-order valence-electron chi connectivity index (χ3n) is 12.4. The molecule has 9 aromatic carbocycles. The number of benzene rings is 9. The molecule has 65 heavy (non-hydrogen) atoms. The van der Waals surface area contributed by atoms with Gasteiger partial charge in [0.05, 0.1) is 22.1 Å². The monoisotopic (exact) mass is 832 g/mol. The Balaban J connectivity index is 0.967. The van der Waals surface area contributed by atoms with E-state index in [0.717, 1.165) is 83.6 Å². The molecule has 304 valence electrons. The summed E-state index contributed by atoms with van der Waals surface area (Å²) in [6.07, 6.45) is 0. The number of nitrogens with zero attached hydrogens (tertiary/aromatic N) is 6. The Kier molecular flexibility index (Phi) is 8.39. The highest BCUT2D eigenvalue weighted by molar-refractivity contribution is 6.14. The van der Waals surface area contributed by atoms with Gasteiger partial charge in [-0.2, -0.15) is 0 Å². The van der Waals surface area contributed by atoms with E-state index in [1.807, 2.05) is 60.7 Å². The van der Waals surface area contributed by atoms with Gasteiger partial charge in [0.25, 0.3) is 0 Å². The smallest absolute Gasteiger partial charge is 0.164 e. The first-order chi connectivity index (χ1) is 32.2. The quantitative estimate of drug-likeness (QED) is 0.160. The first-order valence-corrected chi connectivity index (χ1v) is 21.7. The zero-order valence-corrected chi connectivity index (χ0v) is 34.9. The lowest BCUT2D eigenvalue weighted by atomic mass is 9.99. The number of fused-ring (bicyclic) bond motifs is 7. The van der Waals surface area contributed by atoms with E-state index in [2.05, 4.69) is 167 Å². The summed E-state index contributed by atoms with van der Waals surface area (Å²) in [5.74, 6) is 2.54. The number of aromatic nitrogens is 6. The van der Waals surface area contributed by atoms with Crippen LogP contribution in [0, 0.1) is 0 Å². The third-order valence-corrected chi connectivity index (χ3v) is 12.4. The summed E-state index contributed by atoms with van der Waals surface area (Å²) < 4.78 is 11.1. The highest BCUT2D eigenvalue weighted by atomic mass is 16.3. The molecule has 0 fully saturated rings. The summed E-state index contributed by atoms with van der Waals surface area (Å²) in [5.41, 5.74) is 13.8. The van der Waals surface area contributed by atoms with Crippen molar-refractivity contribution in [3.63, 3.8) is 0 Å². The van der Waals surface area contributed by atoms with E-state index in [1.54, 1.807) is 0 Å². The summed E-state index contributed by atoms with van der Waals surface area (Å²) in [5, 5.41) is 4.36. The Labute approximate surface area is 373 Å². The maximum atomic E-state index is 6.57. The summed E-state index contributed by atoms with van der Waals surface area (Å²) in [6, 6.07) is 75.6. The third kappa shape index (κ3) is 6.13. The van der Waals surface area contributed by atoms with Crippen molar-refractivity contribution in [1.82, 2.24) is 29.1 Å². The van der Waals surface area contributed by atoms with Crippen LogP contribution in [0.4, 0.5) is 0 Å². The lowest BCUT2D eigenvalue weighted by Gasteiger charge is -2.12. The Morgan fingerprint density at radius 2 is 0.908 bits per heavy atom. The molecule has 4 heterocycles. The predicted molar refractivity (Wildman–Crippen MR) is 263 cm³/mol. The molecule has 13 rings (SSSR count). The van der Waals surface area contributed by atoms with Crippen LogP contribution in [0.1, 0.15) is 0 Å². The van der Waals surface area contributed by atoms with Gasteiger partial charge >= 0.3 is 0 Å². The topological polar surface area (TPSA) is 74.6 Å². The van der Waals surface area contributed by atoms with Crippen LogP contribution in [0.25, 0.3) is 123 Å². The second kappa shape index (κ2) is 14.9. The minimum Gasteiger partial charge on any atom is -0.456 e. The molecule has 7 nitrogen and oxygen atoms in total. The lowest BCUT2D eigenvalue weighted by Crippen LogP contribution is -2.01. The largest absolute Gasteiger partial charge is 0.456 e. The van der Waals surface area contributed by atoms with Crippen molar-refractivity contribution in [3.05, 3.63) is 218 Å². The molecule has 0 aliphatic heterocycles. The van der Waals surface area contributed by atoms with Crippen LogP contribution >= 0.6 is 0 Å². The van der Waals surface area contributed by atoms with Gasteiger partial charge in [-0.25, -0.2) is 19.9 Å². The molecule has 0 radical (unpaired) electrons. The fourth-order valence-corrected chi connectivity index (χ4v) is 9.40. The van der Waals surface area contributed by atoms with Gasteiger partial charge in [0.1, 0.15) is 17.0 Å². The van der Waals surface area contributed by atoms with Crippen LogP contribution < -0.4 is 0 Å². The van der Waals surface area contributed by atoms with E-state index in [1.165, 1.54) is 21.8 Å². The molecule has 0 atom stereocenters. The van der Waals surface area contributed by atoms with Crippen LogP contribution in [0.3, 0.4) is 0 Å². The Morgan fingerprint density at radius 3 is 1.71 bits per heavy atom. The summed E-state index contributed by atoms with van der Waals surface area (Å²) in [7, 11) is 0. The zero-order chi connectivity index (χ0) is 42.8. The second-order valence-corrected chi connectivity index (χ2v) is 16.3. The normalized spacial score (nSPS) is 11.7. The maximum absolute atomic E-state index is 6.57. The van der Waals surface area contributed by atoms with Crippen molar-refractivity contribution >= 4 is 54.8 Å². The maximum Gasteiger partial charge on any atom is 0.164 e. The summed E-state index contributed by atoms with van der Waals surface area (Å²) >= 11 is 0. The zero-order valence-electron chi connectivity index (χ0n) is 34.9. The van der Waals surface area contributed by atoms with Crippen molar-refractivity contribution in [2.24, 2.45) is 0 Å². The molecule has 13 aromatic rings. The van der Waals surface area contributed by atoms with Crippen molar-refractivity contribution in [2.75, 3.05) is 0 Å². The number of furan rings is 1. The molecule has 0 saturated carbocycles. The number of imidazole rings is 1. The molecule has 0 aliphatic rings. The molecule has 0 amide bonds. The minimum absolute atomic E-state index is 0.560. The van der Waals surface area contributed by atoms with Gasteiger partial charge in [0, 0.05) is 55.2 Å². The van der Waals surface area contributed by atoms with Gasteiger partial charge < -0.3 is 8.98 Å². The fraction of sp³-hybridized carbons (Fsp3) is 0. The van der Waals surface area contributed by atoms with E-state index >= 15 is 0 Å². The van der Waals surface area contributed by atoms with E-state index in [-0.39, 0.29) is 0 Å². The molecule has 0 saturated heterocycles. The van der Waals surface area contributed by atoms with Crippen molar-refractivity contribution in [1.29, 1.82) is 0 Å². The highest BCUT2D eigenvalue weighted by Gasteiger charge is 2.21. The molecule has 4 aromatic heterocycles. The SMILES string of the molecule is c1ccc(-c2nc(-c3cccc(-c4nc5ccccc5n4-c4ccccc4)c3)nc(-c3cccc4oc5ccc(-c6ccc7c(c6)c6ccccc6n7-c6ccccc6)cc5c34)n2)cc1. The van der Waals surface area contributed by atoms with E-state index in [4.69, 9.17) is 24.4 Å². The van der Waals surface area contributed by atoms with Crippen LogP contribution in [-0.2, 0) is 0 Å². The first kappa shape index (κ1) is 36.7. The number of para-hydroxylation sites is 5.